The van der Waals surface area contributed by atoms with E-state index in [2.05, 4.69) is 17.6 Å². The summed E-state index contributed by atoms with van der Waals surface area (Å²) in [6.07, 6.45) is 1.10. The Morgan fingerprint density at radius 2 is 2.35 bits per heavy atom. The van der Waals surface area contributed by atoms with E-state index in [1.807, 2.05) is 0 Å². The molecule has 2 rings (SSSR count). The molecule has 3 atom stereocenters. The predicted molar refractivity (Wildman–Crippen MR) is 64.4 cm³/mol. The van der Waals surface area contributed by atoms with Crippen molar-refractivity contribution in [1.82, 2.24) is 9.55 Å². The maximum Gasteiger partial charge on any atom is 0.330 e. The zero-order valence-corrected chi connectivity index (χ0v) is 10.2. The van der Waals surface area contributed by atoms with Crippen LogP contribution < -0.4 is 11.2 Å². The Kier molecular flexibility index (Phi) is 3.41. The monoisotopic (exact) mass is 258 g/mol. The number of ether oxygens (including phenoxy) is 1. The maximum absolute atomic E-state index is 11.6. The van der Waals surface area contributed by atoms with E-state index in [1.54, 1.807) is 6.92 Å². The minimum Gasteiger partial charge on any atom is -0.394 e. The fourth-order valence-corrected chi connectivity index (χ4v) is 2.20. The fourth-order valence-electron chi connectivity index (χ4n) is 1.85. The first kappa shape index (κ1) is 12.4. The summed E-state index contributed by atoms with van der Waals surface area (Å²) >= 11 is 4.29. The van der Waals surface area contributed by atoms with E-state index >= 15 is 0 Å². The Balaban J connectivity index is 2.34. The number of thiol groups is 1. The molecule has 0 aromatic carbocycles. The number of aliphatic hydroxyl groups is 1. The van der Waals surface area contributed by atoms with Crippen molar-refractivity contribution in [2.75, 3.05) is 6.61 Å². The highest BCUT2D eigenvalue weighted by Crippen LogP contribution is 2.30. The molecule has 1 aliphatic rings. The molecule has 1 aromatic rings. The molecule has 0 bridgehead atoms. The van der Waals surface area contributed by atoms with Crippen LogP contribution in [0.15, 0.2) is 15.8 Å². The minimum absolute atomic E-state index is 0.121. The number of rotatable bonds is 2. The van der Waals surface area contributed by atoms with Crippen LogP contribution in [-0.4, -0.2) is 32.6 Å². The van der Waals surface area contributed by atoms with Gasteiger partial charge in [-0.3, -0.25) is 14.3 Å². The van der Waals surface area contributed by atoms with Gasteiger partial charge in [-0.1, -0.05) is 0 Å². The summed E-state index contributed by atoms with van der Waals surface area (Å²) in [5.41, 5.74) is -0.466. The van der Waals surface area contributed by atoms with Crippen LogP contribution >= 0.6 is 12.6 Å². The highest BCUT2D eigenvalue weighted by molar-refractivity contribution is 7.81. The number of hydrogen-bond donors (Lipinski definition) is 3. The van der Waals surface area contributed by atoms with Gasteiger partial charge in [0.05, 0.1) is 12.7 Å². The Labute approximate surface area is 103 Å². The number of nitrogens with one attached hydrogen (secondary N) is 1. The van der Waals surface area contributed by atoms with Gasteiger partial charge < -0.3 is 9.84 Å². The summed E-state index contributed by atoms with van der Waals surface area (Å²) in [6, 6.07) is 0. The van der Waals surface area contributed by atoms with Crippen LogP contribution in [0.2, 0.25) is 0 Å². The maximum atomic E-state index is 11.6. The number of aromatic nitrogens is 2. The minimum atomic E-state index is -0.510. The van der Waals surface area contributed by atoms with Crippen molar-refractivity contribution in [3.63, 3.8) is 0 Å². The van der Waals surface area contributed by atoms with Crippen molar-refractivity contribution in [3.05, 3.63) is 32.6 Å². The van der Waals surface area contributed by atoms with Crippen LogP contribution in [0, 0.1) is 6.92 Å². The summed E-state index contributed by atoms with van der Waals surface area (Å²) in [5.74, 6) is 0. The molecule has 0 amide bonds. The molecule has 1 aromatic heterocycles. The second-order valence-corrected chi connectivity index (χ2v) is 4.76. The molecule has 6 nitrogen and oxygen atoms in total. The van der Waals surface area contributed by atoms with E-state index in [9.17, 15) is 9.59 Å². The molecule has 94 valence electrons. The van der Waals surface area contributed by atoms with E-state index in [0.29, 0.717) is 12.0 Å². The lowest BCUT2D eigenvalue weighted by molar-refractivity contribution is -0.0237. The van der Waals surface area contributed by atoms with Crippen LogP contribution in [0.3, 0.4) is 0 Å². The Hall–Kier alpha value is -1.05. The lowest BCUT2D eigenvalue weighted by Gasteiger charge is -2.14. The van der Waals surface area contributed by atoms with Crippen molar-refractivity contribution in [3.8, 4) is 0 Å². The molecule has 1 aliphatic heterocycles. The molecule has 0 aliphatic carbocycles. The predicted octanol–water partition coefficient (Wildman–Crippen LogP) is -0.577. The van der Waals surface area contributed by atoms with Gasteiger partial charge in [0.25, 0.3) is 5.56 Å². The lowest BCUT2D eigenvalue weighted by atomic mass is 10.2. The van der Waals surface area contributed by atoms with Gasteiger partial charge in [0.15, 0.2) is 0 Å². The van der Waals surface area contributed by atoms with Crippen LogP contribution in [0.1, 0.15) is 18.2 Å². The molecular weight excluding hydrogens is 244 g/mol. The summed E-state index contributed by atoms with van der Waals surface area (Å²) < 4.78 is 6.83. The molecule has 7 heteroatoms. The van der Waals surface area contributed by atoms with Crippen molar-refractivity contribution >= 4 is 12.6 Å². The van der Waals surface area contributed by atoms with E-state index in [-0.39, 0.29) is 18.0 Å². The van der Waals surface area contributed by atoms with E-state index in [1.165, 1.54) is 10.8 Å². The van der Waals surface area contributed by atoms with Crippen LogP contribution in [-0.2, 0) is 4.74 Å². The summed E-state index contributed by atoms with van der Waals surface area (Å²) in [7, 11) is 0. The van der Waals surface area contributed by atoms with Crippen molar-refractivity contribution in [2.45, 2.75) is 30.9 Å². The normalized spacial score (nSPS) is 28.5. The van der Waals surface area contributed by atoms with E-state index < -0.39 is 17.5 Å². The molecule has 17 heavy (non-hydrogen) atoms. The SMILES string of the molecule is Cc1cn([C@@H]2CC(S)[C@H](CO)O2)c(=O)[nH]c1=O. The average Bonchev–Trinajstić information content (AvgIpc) is 2.65. The first-order valence-electron chi connectivity index (χ1n) is 5.29. The number of aromatic amines is 1. The van der Waals surface area contributed by atoms with E-state index in [0.717, 1.165) is 0 Å². The van der Waals surface area contributed by atoms with Crippen LogP contribution in [0.5, 0.6) is 0 Å². The second-order valence-electron chi connectivity index (χ2n) is 4.09. The molecule has 0 saturated carbocycles. The molecular formula is C10H14N2O4S. The number of aliphatic hydroxyl groups excluding tert-OH is 1. The van der Waals surface area contributed by atoms with Crippen molar-refractivity contribution < 1.29 is 9.84 Å². The Morgan fingerprint density at radius 3 is 2.94 bits per heavy atom. The molecule has 2 N–H and O–H groups in total. The largest absolute Gasteiger partial charge is 0.394 e. The van der Waals surface area contributed by atoms with Crippen LogP contribution in [0.25, 0.3) is 0 Å². The van der Waals surface area contributed by atoms with E-state index in [4.69, 9.17) is 9.84 Å². The third-order valence-electron chi connectivity index (χ3n) is 2.84. The molecule has 1 fully saturated rings. The molecule has 1 saturated heterocycles. The average molecular weight is 258 g/mol. The van der Waals surface area contributed by atoms with Gasteiger partial charge in [0.1, 0.15) is 6.23 Å². The zero-order valence-electron chi connectivity index (χ0n) is 9.29. The molecule has 1 unspecified atom stereocenters. The summed E-state index contributed by atoms with van der Waals surface area (Å²) in [4.78, 5) is 25.1. The second kappa shape index (κ2) is 4.67. The van der Waals surface area contributed by atoms with Crippen molar-refractivity contribution in [2.24, 2.45) is 0 Å². The molecule has 0 radical (unpaired) electrons. The van der Waals surface area contributed by atoms with Crippen LogP contribution in [0.4, 0.5) is 0 Å². The highest BCUT2D eigenvalue weighted by Gasteiger charge is 2.34. The third kappa shape index (κ3) is 2.31. The number of hydrogen-bond acceptors (Lipinski definition) is 5. The first-order chi connectivity index (χ1) is 8.02. The fraction of sp³-hybridized carbons (Fsp3) is 0.600. The van der Waals surface area contributed by atoms with Gasteiger partial charge in [0.2, 0.25) is 0 Å². The number of aryl methyl sites for hydroxylation is 1. The standard InChI is InChI=1S/C10H14N2O4S/c1-5-3-12(10(15)11-9(5)14)8-2-7(17)6(4-13)16-8/h3,6-8,13,17H,2,4H2,1H3,(H,11,14,15)/t6-,7?,8-/m0/s1. The number of nitrogens with zero attached hydrogens (tertiary/aromatic N) is 1. The number of H-pyrrole nitrogens is 1. The van der Waals surface area contributed by atoms with Gasteiger partial charge in [-0.2, -0.15) is 12.6 Å². The van der Waals surface area contributed by atoms with Gasteiger partial charge in [0, 0.05) is 23.4 Å². The molecule has 2 heterocycles. The Morgan fingerprint density at radius 1 is 1.65 bits per heavy atom. The third-order valence-corrected chi connectivity index (χ3v) is 3.38. The van der Waals surface area contributed by atoms with Gasteiger partial charge in [-0.15, -0.1) is 0 Å². The van der Waals surface area contributed by atoms with Crippen molar-refractivity contribution in [1.29, 1.82) is 0 Å². The molecule has 0 spiro atoms. The lowest BCUT2D eigenvalue weighted by Crippen LogP contribution is -2.33. The zero-order chi connectivity index (χ0) is 12.6. The highest BCUT2D eigenvalue weighted by atomic mass is 32.1. The van der Waals surface area contributed by atoms with Gasteiger partial charge in [-0.05, 0) is 6.92 Å². The summed E-state index contributed by atoms with van der Waals surface area (Å²) in [6.45, 7) is 1.48. The van der Waals surface area contributed by atoms with Gasteiger partial charge in [-0.25, -0.2) is 4.79 Å². The quantitative estimate of drug-likeness (QED) is 0.620. The topological polar surface area (TPSA) is 84.3 Å². The Bertz CT molecular complexity index is 524. The first-order valence-corrected chi connectivity index (χ1v) is 5.81. The summed E-state index contributed by atoms with van der Waals surface area (Å²) in [5, 5.41) is 8.93. The smallest absolute Gasteiger partial charge is 0.330 e. The van der Waals surface area contributed by atoms with Gasteiger partial charge >= 0.3 is 5.69 Å².